The third-order valence-electron chi connectivity index (χ3n) is 2.24. The molecule has 0 saturated heterocycles. The number of unbranched alkanes of at least 4 members (excludes halogenated alkanes) is 2. The Balaban J connectivity index is 2.33. The lowest BCUT2D eigenvalue weighted by molar-refractivity contribution is 0.0952. The molecule has 0 atom stereocenters. The molecule has 1 rings (SSSR count). The molecule has 0 heterocycles. The van der Waals surface area contributed by atoms with Crippen molar-refractivity contribution in [1.82, 2.24) is 5.32 Å². The smallest absolute Gasteiger partial charge is 0.252 e. The van der Waals surface area contributed by atoms with Crippen LogP contribution in [0, 0.1) is 3.57 Å². The van der Waals surface area contributed by atoms with Crippen LogP contribution in [-0.4, -0.2) is 24.2 Å². The van der Waals surface area contributed by atoms with Crippen LogP contribution in [0.3, 0.4) is 0 Å². The summed E-state index contributed by atoms with van der Waals surface area (Å²) in [4.78, 5) is 11.7. The molecule has 16 heavy (non-hydrogen) atoms. The van der Waals surface area contributed by atoms with Crippen molar-refractivity contribution in [2.24, 2.45) is 0 Å². The monoisotopic (exact) mass is 333 g/mol. The number of amides is 1. The molecule has 4 heteroatoms. The molecule has 88 valence electrons. The van der Waals surface area contributed by atoms with Gasteiger partial charge in [0.2, 0.25) is 0 Å². The Bertz CT molecular complexity index is 342. The van der Waals surface area contributed by atoms with Crippen LogP contribution in [0.4, 0.5) is 0 Å². The number of halogens is 1. The van der Waals surface area contributed by atoms with Crippen molar-refractivity contribution in [2.45, 2.75) is 19.3 Å². The second kappa shape index (κ2) is 7.62. The average molecular weight is 333 g/mol. The number of aliphatic hydroxyl groups excluding tert-OH is 1. The van der Waals surface area contributed by atoms with Crippen molar-refractivity contribution in [1.29, 1.82) is 0 Å². The summed E-state index contributed by atoms with van der Waals surface area (Å²) < 4.78 is 0.966. The van der Waals surface area contributed by atoms with Gasteiger partial charge in [-0.25, -0.2) is 0 Å². The van der Waals surface area contributed by atoms with E-state index in [4.69, 9.17) is 5.11 Å². The fourth-order valence-corrected chi connectivity index (χ4v) is 1.99. The second-order valence-electron chi connectivity index (χ2n) is 3.52. The van der Waals surface area contributed by atoms with Crippen LogP contribution < -0.4 is 5.32 Å². The molecule has 0 radical (unpaired) electrons. The van der Waals surface area contributed by atoms with Crippen LogP contribution in [0.25, 0.3) is 0 Å². The minimum absolute atomic E-state index is 0.0194. The van der Waals surface area contributed by atoms with E-state index in [2.05, 4.69) is 27.9 Å². The predicted octanol–water partition coefficient (Wildman–Crippen LogP) is 2.18. The van der Waals surface area contributed by atoms with Crippen molar-refractivity contribution in [3.63, 3.8) is 0 Å². The molecule has 0 bridgehead atoms. The Hall–Kier alpha value is -0.620. The highest BCUT2D eigenvalue weighted by Gasteiger charge is 2.07. The summed E-state index contributed by atoms with van der Waals surface area (Å²) in [6.07, 6.45) is 2.66. The Morgan fingerprint density at radius 2 is 2.00 bits per heavy atom. The van der Waals surface area contributed by atoms with Crippen LogP contribution in [-0.2, 0) is 0 Å². The van der Waals surface area contributed by atoms with E-state index in [0.29, 0.717) is 6.54 Å². The van der Waals surface area contributed by atoms with Crippen molar-refractivity contribution in [3.8, 4) is 0 Å². The van der Waals surface area contributed by atoms with Gasteiger partial charge >= 0.3 is 0 Å². The van der Waals surface area contributed by atoms with Crippen LogP contribution in [0.1, 0.15) is 29.6 Å². The van der Waals surface area contributed by atoms with Crippen LogP contribution in [0.2, 0.25) is 0 Å². The molecule has 0 spiro atoms. The van der Waals surface area contributed by atoms with Gasteiger partial charge in [-0.05, 0) is 54.0 Å². The Labute approximate surface area is 109 Å². The SMILES string of the molecule is O=C(NCCCCCO)c1ccccc1I. The fraction of sp³-hybridized carbons (Fsp3) is 0.417. The van der Waals surface area contributed by atoms with Gasteiger partial charge in [-0.1, -0.05) is 12.1 Å². The summed E-state index contributed by atoms with van der Waals surface area (Å²) in [5.41, 5.74) is 0.727. The van der Waals surface area contributed by atoms with E-state index < -0.39 is 0 Å². The summed E-state index contributed by atoms with van der Waals surface area (Å²) in [6.45, 7) is 0.897. The fourth-order valence-electron chi connectivity index (χ4n) is 1.36. The zero-order chi connectivity index (χ0) is 11.8. The molecule has 0 saturated carbocycles. The third-order valence-corrected chi connectivity index (χ3v) is 3.18. The molecule has 0 aromatic heterocycles. The lowest BCUT2D eigenvalue weighted by Gasteiger charge is -2.06. The highest BCUT2D eigenvalue weighted by atomic mass is 127. The van der Waals surface area contributed by atoms with E-state index in [1.54, 1.807) is 0 Å². The lowest BCUT2D eigenvalue weighted by atomic mass is 10.2. The van der Waals surface area contributed by atoms with Gasteiger partial charge in [-0.3, -0.25) is 4.79 Å². The number of carbonyl (C=O) groups is 1. The molecule has 0 unspecified atom stereocenters. The quantitative estimate of drug-likeness (QED) is 0.619. The Morgan fingerprint density at radius 3 is 2.69 bits per heavy atom. The molecule has 2 N–H and O–H groups in total. The molecule has 1 aromatic carbocycles. The molecule has 3 nitrogen and oxygen atoms in total. The molecule has 1 aromatic rings. The summed E-state index contributed by atoms with van der Waals surface area (Å²) >= 11 is 2.16. The first-order valence-corrected chi connectivity index (χ1v) is 6.47. The van der Waals surface area contributed by atoms with Crippen molar-refractivity contribution in [3.05, 3.63) is 33.4 Å². The second-order valence-corrected chi connectivity index (χ2v) is 4.68. The maximum atomic E-state index is 11.7. The Morgan fingerprint density at radius 1 is 1.25 bits per heavy atom. The first kappa shape index (κ1) is 13.4. The number of hydrogen-bond acceptors (Lipinski definition) is 2. The molecule has 0 fully saturated rings. The van der Waals surface area contributed by atoms with Gasteiger partial charge in [0.25, 0.3) is 5.91 Å². The summed E-state index contributed by atoms with van der Waals surface area (Å²) in [5, 5.41) is 11.5. The highest BCUT2D eigenvalue weighted by Crippen LogP contribution is 2.10. The van der Waals surface area contributed by atoms with Gasteiger partial charge in [0.15, 0.2) is 0 Å². The zero-order valence-electron chi connectivity index (χ0n) is 9.08. The van der Waals surface area contributed by atoms with E-state index in [0.717, 1.165) is 28.4 Å². The summed E-state index contributed by atoms with van der Waals surface area (Å²) in [7, 11) is 0. The van der Waals surface area contributed by atoms with E-state index in [-0.39, 0.29) is 12.5 Å². The maximum Gasteiger partial charge on any atom is 0.252 e. The maximum absolute atomic E-state index is 11.7. The number of aliphatic hydroxyl groups is 1. The van der Waals surface area contributed by atoms with Gasteiger partial charge in [0.1, 0.15) is 0 Å². The zero-order valence-corrected chi connectivity index (χ0v) is 11.2. The number of nitrogens with one attached hydrogen (secondary N) is 1. The van der Waals surface area contributed by atoms with Gasteiger partial charge in [0.05, 0.1) is 5.56 Å². The van der Waals surface area contributed by atoms with Crippen molar-refractivity contribution < 1.29 is 9.90 Å². The average Bonchev–Trinajstić information content (AvgIpc) is 2.29. The number of hydrogen-bond donors (Lipinski definition) is 2. The molecule has 0 aliphatic heterocycles. The molecular weight excluding hydrogens is 317 g/mol. The third kappa shape index (κ3) is 4.49. The van der Waals surface area contributed by atoms with E-state index >= 15 is 0 Å². The first-order chi connectivity index (χ1) is 7.75. The number of benzene rings is 1. The van der Waals surface area contributed by atoms with Crippen molar-refractivity contribution in [2.75, 3.05) is 13.2 Å². The van der Waals surface area contributed by atoms with Gasteiger partial charge in [-0.2, -0.15) is 0 Å². The van der Waals surface area contributed by atoms with Crippen LogP contribution in [0.5, 0.6) is 0 Å². The topological polar surface area (TPSA) is 49.3 Å². The Kier molecular flexibility index (Phi) is 6.40. The van der Waals surface area contributed by atoms with E-state index in [1.165, 1.54) is 0 Å². The largest absolute Gasteiger partial charge is 0.396 e. The number of rotatable bonds is 6. The molecule has 0 aliphatic carbocycles. The lowest BCUT2D eigenvalue weighted by Crippen LogP contribution is -2.25. The molecule has 1 amide bonds. The first-order valence-electron chi connectivity index (χ1n) is 5.39. The van der Waals surface area contributed by atoms with E-state index in [9.17, 15) is 4.79 Å². The predicted molar refractivity (Wildman–Crippen MR) is 72.4 cm³/mol. The highest BCUT2D eigenvalue weighted by molar-refractivity contribution is 14.1. The standard InChI is InChI=1S/C12H16INO2/c13-11-7-3-2-6-10(11)12(16)14-8-4-1-5-9-15/h2-3,6-7,15H,1,4-5,8-9H2,(H,14,16). The van der Waals surface area contributed by atoms with E-state index in [1.807, 2.05) is 24.3 Å². The van der Waals surface area contributed by atoms with Crippen molar-refractivity contribution >= 4 is 28.5 Å². The minimum Gasteiger partial charge on any atom is -0.396 e. The van der Waals surface area contributed by atoms with Gasteiger partial charge < -0.3 is 10.4 Å². The number of carbonyl (C=O) groups excluding carboxylic acids is 1. The molecule has 0 aliphatic rings. The molecular formula is C12H16INO2. The minimum atomic E-state index is -0.0194. The van der Waals surface area contributed by atoms with Crippen LogP contribution >= 0.6 is 22.6 Å². The summed E-state index contributed by atoms with van der Waals surface area (Å²) in [6, 6.07) is 7.52. The summed E-state index contributed by atoms with van der Waals surface area (Å²) in [5.74, 6) is -0.0194. The van der Waals surface area contributed by atoms with Crippen LogP contribution in [0.15, 0.2) is 24.3 Å². The normalized spacial score (nSPS) is 10.1. The van der Waals surface area contributed by atoms with Gasteiger partial charge in [0, 0.05) is 16.7 Å². The van der Waals surface area contributed by atoms with Gasteiger partial charge in [-0.15, -0.1) is 0 Å².